The summed E-state index contributed by atoms with van der Waals surface area (Å²) in [6.45, 7) is 3.47. The first-order chi connectivity index (χ1) is 6.34. The maximum absolute atomic E-state index is 5.70. The molecule has 0 spiro atoms. The van der Waals surface area contributed by atoms with E-state index in [4.69, 9.17) is 11.6 Å². The zero-order chi connectivity index (χ0) is 9.10. The molecule has 0 aromatic carbocycles. The van der Waals surface area contributed by atoms with E-state index in [1.165, 1.54) is 31.5 Å². The number of nitrogens with zero attached hydrogens (tertiary/aromatic N) is 2. The number of pyridine rings is 1. The third kappa shape index (κ3) is 4.56. The van der Waals surface area contributed by atoms with Crippen LogP contribution in [-0.2, 0) is 6.54 Å². The lowest BCUT2D eigenvalue weighted by atomic mass is 10.3. The molecule has 0 N–H and O–H groups in total. The minimum Gasteiger partial charge on any atom is -0.299 e. The van der Waals surface area contributed by atoms with Gasteiger partial charge in [0.15, 0.2) is 0 Å². The van der Waals surface area contributed by atoms with Crippen molar-refractivity contribution in [1.29, 1.82) is 0 Å². The average molecular weight is 270 g/mol. The maximum atomic E-state index is 5.70. The molecular weight excluding hydrogens is 254 g/mol. The van der Waals surface area contributed by atoms with Crippen molar-refractivity contribution in [3.05, 3.63) is 29.0 Å². The minimum atomic E-state index is 0. The molecule has 5 heteroatoms. The lowest BCUT2D eigenvalue weighted by molar-refractivity contribution is 0.331. The van der Waals surface area contributed by atoms with Crippen molar-refractivity contribution in [2.75, 3.05) is 13.1 Å². The number of aromatic nitrogens is 1. The molecule has 1 aliphatic rings. The summed E-state index contributed by atoms with van der Waals surface area (Å²) in [6.07, 6.45) is 4.53. The van der Waals surface area contributed by atoms with Crippen LogP contribution in [0.5, 0.6) is 0 Å². The quantitative estimate of drug-likeness (QED) is 0.767. The summed E-state index contributed by atoms with van der Waals surface area (Å²) in [5, 5.41) is 0.574. The Balaban J connectivity index is 0.000000980. The van der Waals surface area contributed by atoms with Crippen LogP contribution < -0.4 is 0 Å². The monoisotopic (exact) mass is 268 g/mol. The number of hydrogen-bond acceptors (Lipinski definition) is 2. The van der Waals surface area contributed by atoms with Gasteiger partial charge in [-0.25, -0.2) is 4.98 Å². The maximum Gasteiger partial charge on any atom is 0.129 e. The second-order valence-corrected chi connectivity index (χ2v) is 3.86. The molecule has 0 amide bonds. The van der Waals surface area contributed by atoms with E-state index in [9.17, 15) is 0 Å². The molecule has 0 aliphatic carbocycles. The Labute approximate surface area is 108 Å². The van der Waals surface area contributed by atoms with E-state index in [2.05, 4.69) is 9.88 Å². The molecule has 2 nitrogen and oxygen atoms in total. The van der Waals surface area contributed by atoms with Gasteiger partial charge in [0, 0.05) is 12.7 Å². The van der Waals surface area contributed by atoms with E-state index in [1.807, 2.05) is 18.3 Å². The van der Waals surface area contributed by atoms with Gasteiger partial charge in [0.1, 0.15) is 5.15 Å². The van der Waals surface area contributed by atoms with E-state index < -0.39 is 0 Å². The highest BCUT2D eigenvalue weighted by Crippen LogP contribution is 2.13. The van der Waals surface area contributed by atoms with Gasteiger partial charge in [0.2, 0.25) is 0 Å². The Morgan fingerprint density at radius 1 is 1.20 bits per heavy atom. The predicted octanol–water partition coefficient (Wildman–Crippen LogP) is 3.17. The van der Waals surface area contributed by atoms with Gasteiger partial charge >= 0.3 is 0 Å². The molecule has 1 aliphatic heterocycles. The van der Waals surface area contributed by atoms with Crippen molar-refractivity contribution >= 4 is 36.4 Å². The molecule has 1 aromatic rings. The fourth-order valence-electron chi connectivity index (χ4n) is 1.70. The molecule has 0 atom stereocenters. The number of likely N-dealkylation sites (tertiary alicyclic amines) is 1. The molecule has 1 fully saturated rings. The Morgan fingerprint density at radius 2 is 1.87 bits per heavy atom. The standard InChI is InChI=1S/C10H13ClN2.2ClH/c11-10-4-3-9(7-12-10)8-13-5-1-2-6-13;;/h3-4,7H,1-2,5-6,8H2;2*1H. The van der Waals surface area contributed by atoms with Crippen LogP contribution in [0.2, 0.25) is 5.15 Å². The first kappa shape index (κ1) is 15.0. The fourth-order valence-corrected chi connectivity index (χ4v) is 1.81. The third-order valence-electron chi connectivity index (χ3n) is 2.39. The molecule has 1 aromatic heterocycles. The van der Waals surface area contributed by atoms with Crippen LogP contribution >= 0.6 is 36.4 Å². The summed E-state index contributed by atoms with van der Waals surface area (Å²) >= 11 is 5.70. The lowest BCUT2D eigenvalue weighted by Gasteiger charge is -2.13. The first-order valence-electron chi connectivity index (χ1n) is 4.67. The summed E-state index contributed by atoms with van der Waals surface area (Å²) in [5.74, 6) is 0. The van der Waals surface area contributed by atoms with Gasteiger partial charge in [0.25, 0.3) is 0 Å². The zero-order valence-corrected chi connectivity index (χ0v) is 10.7. The molecular formula is C10H15Cl3N2. The molecule has 0 unspecified atom stereocenters. The van der Waals surface area contributed by atoms with Gasteiger partial charge in [-0.05, 0) is 37.6 Å². The summed E-state index contributed by atoms with van der Waals surface area (Å²) in [7, 11) is 0. The van der Waals surface area contributed by atoms with Crippen molar-refractivity contribution in [1.82, 2.24) is 9.88 Å². The molecule has 86 valence electrons. The lowest BCUT2D eigenvalue weighted by Crippen LogP contribution is -2.18. The van der Waals surface area contributed by atoms with Crippen LogP contribution in [0.25, 0.3) is 0 Å². The SMILES string of the molecule is Cl.Cl.Clc1ccc(CN2CCCC2)cn1. The van der Waals surface area contributed by atoms with Gasteiger partial charge in [-0.2, -0.15) is 0 Å². The van der Waals surface area contributed by atoms with Crippen LogP contribution in [0.4, 0.5) is 0 Å². The van der Waals surface area contributed by atoms with Crippen molar-refractivity contribution in [2.24, 2.45) is 0 Å². The molecule has 0 radical (unpaired) electrons. The first-order valence-corrected chi connectivity index (χ1v) is 5.05. The smallest absolute Gasteiger partial charge is 0.129 e. The summed E-state index contributed by atoms with van der Waals surface area (Å²) in [4.78, 5) is 6.51. The van der Waals surface area contributed by atoms with Crippen LogP contribution in [0.3, 0.4) is 0 Å². The number of halogens is 3. The summed E-state index contributed by atoms with van der Waals surface area (Å²) in [5.41, 5.74) is 1.26. The highest BCUT2D eigenvalue weighted by atomic mass is 35.5. The average Bonchev–Trinajstić information content (AvgIpc) is 2.62. The second kappa shape index (κ2) is 7.29. The van der Waals surface area contributed by atoms with Gasteiger partial charge in [-0.1, -0.05) is 17.7 Å². The summed E-state index contributed by atoms with van der Waals surface area (Å²) < 4.78 is 0. The fraction of sp³-hybridized carbons (Fsp3) is 0.500. The Bertz CT molecular complexity index is 271. The van der Waals surface area contributed by atoms with Gasteiger partial charge in [0.05, 0.1) is 0 Å². The van der Waals surface area contributed by atoms with Crippen molar-refractivity contribution in [3.8, 4) is 0 Å². The van der Waals surface area contributed by atoms with Crippen molar-refractivity contribution < 1.29 is 0 Å². The van der Waals surface area contributed by atoms with Gasteiger partial charge in [-0.3, -0.25) is 4.90 Å². The van der Waals surface area contributed by atoms with Gasteiger partial charge < -0.3 is 0 Å². The minimum absolute atomic E-state index is 0. The molecule has 1 saturated heterocycles. The topological polar surface area (TPSA) is 16.1 Å². The zero-order valence-electron chi connectivity index (χ0n) is 8.36. The number of hydrogen-bond donors (Lipinski definition) is 0. The predicted molar refractivity (Wildman–Crippen MR) is 68.3 cm³/mol. The van der Waals surface area contributed by atoms with Gasteiger partial charge in [-0.15, -0.1) is 24.8 Å². The Morgan fingerprint density at radius 3 is 2.40 bits per heavy atom. The van der Waals surface area contributed by atoms with E-state index in [-0.39, 0.29) is 24.8 Å². The molecule has 15 heavy (non-hydrogen) atoms. The van der Waals surface area contributed by atoms with E-state index in [0.29, 0.717) is 5.15 Å². The van der Waals surface area contributed by atoms with Crippen molar-refractivity contribution in [3.63, 3.8) is 0 Å². The van der Waals surface area contributed by atoms with Crippen LogP contribution in [-0.4, -0.2) is 23.0 Å². The number of rotatable bonds is 2. The Hall–Kier alpha value is -0.0200. The molecule has 2 heterocycles. The van der Waals surface area contributed by atoms with Crippen LogP contribution in [0.15, 0.2) is 18.3 Å². The van der Waals surface area contributed by atoms with Crippen LogP contribution in [0, 0.1) is 0 Å². The van der Waals surface area contributed by atoms with Crippen LogP contribution in [0.1, 0.15) is 18.4 Å². The molecule has 0 bridgehead atoms. The Kier molecular flexibility index (Phi) is 7.28. The molecule has 0 saturated carbocycles. The van der Waals surface area contributed by atoms with E-state index in [1.54, 1.807) is 0 Å². The van der Waals surface area contributed by atoms with E-state index in [0.717, 1.165) is 6.54 Å². The second-order valence-electron chi connectivity index (χ2n) is 3.47. The normalized spacial score (nSPS) is 15.5. The highest BCUT2D eigenvalue weighted by Gasteiger charge is 2.11. The third-order valence-corrected chi connectivity index (χ3v) is 2.62. The largest absolute Gasteiger partial charge is 0.299 e. The molecule has 2 rings (SSSR count). The van der Waals surface area contributed by atoms with E-state index >= 15 is 0 Å². The highest BCUT2D eigenvalue weighted by molar-refractivity contribution is 6.29. The summed E-state index contributed by atoms with van der Waals surface area (Å²) in [6, 6.07) is 3.90. The van der Waals surface area contributed by atoms with Crippen molar-refractivity contribution in [2.45, 2.75) is 19.4 Å².